The van der Waals surface area contributed by atoms with Crippen LogP contribution in [0.1, 0.15) is 41.4 Å². The van der Waals surface area contributed by atoms with E-state index in [0.29, 0.717) is 51.0 Å². The van der Waals surface area contributed by atoms with Gasteiger partial charge >= 0.3 is 5.97 Å². The number of nitrogens with zero attached hydrogens (tertiary/aromatic N) is 4. The number of benzene rings is 4. The number of carboxylic acids is 1. The number of aromatic carboxylic acids is 1. The molecule has 0 saturated carbocycles. The Morgan fingerprint density at radius 3 is 2.44 bits per heavy atom. The highest BCUT2D eigenvalue weighted by Gasteiger charge is 2.29. The molecule has 4 aromatic carbocycles. The topological polar surface area (TPSA) is 115 Å². The van der Waals surface area contributed by atoms with Gasteiger partial charge in [0.05, 0.1) is 29.4 Å². The summed E-state index contributed by atoms with van der Waals surface area (Å²) in [6.45, 7) is 4.36. The second-order valence-electron chi connectivity index (χ2n) is 10.8. The molecule has 9 nitrogen and oxygen atoms in total. The van der Waals surface area contributed by atoms with E-state index >= 15 is 0 Å². The highest BCUT2D eigenvalue weighted by atomic mass is 32.2. The molecule has 230 valence electrons. The zero-order valence-corrected chi connectivity index (χ0v) is 26.7. The number of aromatic nitrogens is 3. The van der Waals surface area contributed by atoms with E-state index in [0.717, 1.165) is 29.2 Å². The Morgan fingerprint density at radius 1 is 0.978 bits per heavy atom. The Balaban J connectivity index is 1.60. The third-order valence-corrected chi connectivity index (χ3v) is 10.5. The molecule has 45 heavy (non-hydrogen) atoms. The van der Waals surface area contributed by atoms with Crippen molar-refractivity contribution in [3.05, 3.63) is 102 Å². The number of hydrogen-bond donors (Lipinski definition) is 1. The Kier molecular flexibility index (Phi) is 8.30. The third-order valence-electron chi connectivity index (χ3n) is 7.96. The smallest absolute Gasteiger partial charge is 0.353 e. The van der Waals surface area contributed by atoms with Gasteiger partial charge in [0.2, 0.25) is 0 Å². The Morgan fingerprint density at radius 2 is 1.73 bits per heavy atom. The zero-order chi connectivity index (χ0) is 31.7. The molecule has 0 aliphatic heterocycles. The lowest BCUT2D eigenvalue weighted by molar-refractivity contribution is 0.0687. The molecule has 0 fully saturated rings. The van der Waals surface area contributed by atoms with Crippen LogP contribution in [0.5, 0.6) is 5.75 Å². The monoisotopic (exact) mass is 640 g/mol. The van der Waals surface area contributed by atoms with E-state index in [4.69, 9.17) is 4.74 Å². The average molecular weight is 641 g/mol. The molecule has 0 saturated heterocycles. The molecule has 6 aromatic rings. The van der Waals surface area contributed by atoms with Crippen molar-refractivity contribution in [2.24, 2.45) is 0 Å². The zero-order valence-electron chi connectivity index (χ0n) is 25.1. The number of methoxy groups -OCH3 is 1. The highest BCUT2D eigenvalue weighted by Crippen LogP contribution is 2.40. The number of rotatable bonds is 11. The van der Waals surface area contributed by atoms with Gasteiger partial charge in [-0.25, -0.2) is 13.2 Å². The van der Waals surface area contributed by atoms with E-state index in [1.165, 1.54) is 4.31 Å². The van der Waals surface area contributed by atoms with Crippen molar-refractivity contribution < 1.29 is 23.1 Å². The van der Waals surface area contributed by atoms with Gasteiger partial charge in [-0.3, -0.25) is 4.31 Å². The van der Waals surface area contributed by atoms with Crippen molar-refractivity contribution >= 4 is 55.3 Å². The standard InChI is InChI=1S/C34H32N4O5S2/c1-4-5-18-38(45(41,42)31-9-7-6-8-22(31)2)25-13-17-30-27(20-25)32(24-12-16-28-29(19-24)36-44-35-28)33(34(39)40)37(30)21-23-10-14-26(43-3)15-11-23/h6-17,19-20H,4-5,18,21H2,1-3H3,(H,39,40). The molecule has 2 aromatic heterocycles. The van der Waals surface area contributed by atoms with Crippen molar-refractivity contribution in [2.45, 2.75) is 38.1 Å². The van der Waals surface area contributed by atoms with Gasteiger partial charge in [0.25, 0.3) is 10.0 Å². The molecule has 0 aliphatic carbocycles. The number of ether oxygens (including phenoxy) is 1. The first-order valence-corrected chi connectivity index (χ1v) is 16.7. The predicted octanol–water partition coefficient (Wildman–Crippen LogP) is 7.37. The molecule has 0 aliphatic rings. The lowest BCUT2D eigenvalue weighted by Gasteiger charge is -2.25. The number of hydrogen-bond acceptors (Lipinski definition) is 7. The van der Waals surface area contributed by atoms with Crippen molar-refractivity contribution in [1.29, 1.82) is 0 Å². The van der Waals surface area contributed by atoms with E-state index in [1.54, 1.807) is 48.9 Å². The summed E-state index contributed by atoms with van der Waals surface area (Å²) in [5.41, 5.74) is 5.31. The minimum atomic E-state index is -3.92. The molecule has 11 heteroatoms. The SMILES string of the molecule is CCCCN(c1ccc2c(c1)c(-c1ccc3nsnc3c1)c(C(=O)O)n2Cc1ccc(OC)cc1)S(=O)(=O)c1ccccc1C. The number of anilines is 1. The second-order valence-corrected chi connectivity index (χ2v) is 13.2. The van der Waals surface area contributed by atoms with Gasteiger partial charge < -0.3 is 14.4 Å². The first-order valence-electron chi connectivity index (χ1n) is 14.6. The van der Waals surface area contributed by atoms with Gasteiger partial charge in [-0.1, -0.05) is 49.7 Å². The summed E-state index contributed by atoms with van der Waals surface area (Å²) in [4.78, 5) is 13.3. The third kappa shape index (κ3) is 5.65. The van der Waals surface area contributed by atoms with Crippen molar-refractivity contribution in [3.8, 4) is 16.9 Å². The Hall–Kier alpha value is -4.74. The fourth-order valence-electron chi connectivity index (χ4n) is 5.68. The number of fused-ring (bicyclic) bond motifs is 2. The predicted molar refractivity (Wildman–Crippen MR) is 178 cm³/mol. The number of aryl methyl sites for hydroxylation is 1. The van der Waals surface area contributed by atoms with E-state index in [9.17, 15) is 18.3 Å². The lowest BCUT2D eigenvalue weighted by Crippen LogP contribution is -2.32. The van der Waals surface area contributed by atoms with E-state index in [-0.39, 0.29) is 23.7 Å². The Bertz CT molecular complexity index is 2140. The number of carboxylic acid groups (broad SMARTS) is 1. The van der Waals surface area contributed by atoms with Crippen LogP contribution >= 0.6 is 11.7 Å². The summed E-state index contributed by atoms with van der Waals surface area (Å²) < 4.78 is 45.5. The molecule has 0 bridgehead atoms. The van der Waals surface area contributed by atoms with Crippen molar-refractivity contribution in [3.63, 3.8) is 0 Å². The summed E-state index contributed by atoms with van der Waals surface area (Å²) in [5, 5.41) is 11.3. The maximum atomic E-state index is 14.1. The molecular formula is C34H32N4O5S2. The highest BCUT2D eigenvalue weighted by molar-refractivity contribution is 7.92. The molecular weight excluding hydrogens is 609 g/mol. The number of carbonyl (C=O) groups is 1. The van der Waals surface area contributed by atoms with Crippen LogP contribution in [0.2, 0.25) is 0 Å². The summed E-state index contributed by atoms with van der Waals surface area (Å²) in [6, 6.07) is 25.3. The normalized spacial score (nSPS) is 11.7. The first-order chi connectivity index (χ1) is 21.7. The Labute approximate surface area is 265 Å². The molecule has 0 spiro atoms. The van der Waals surface area contributed by atoms with Gasteiger partial charge in [0.15, 0.2) is 0 Å². The lowest BCUT2D eigenvalue weighted by atomic mass is 10.0. The summed E-state index contributed by atoms with van der Waals surface area (Å²) in [7, 11) is -2.32. The molecule has 2 heterocycles. The summed E-state index contributed by atoms with van der Waals surface area (Å²) in [5.74, 6) is -0.393. The van der Waals surface area contributed by atoms with Crippen LogP contribution in [-0.4, -0.2) is 46.5 Å². The molecule has 0 unspecified atom stereocenters. The van der Waals surface area contributed by atoms with Gasteiger partial charge in [-0.05, 0) is 78.6 Å². The van der Waals surface area contributed by atoms with Gasteiger partial charge in [0.1, 0.15) is 22.5 Å². The number of unbranched alkanes of at least 4 members (excludes halogenated alkanes) is 1. The first kappa shape index (κ1) is 30.3. The van der Waals surface area contributed by atoms with Crippen LogP contribution in [0, 0.1) is 6.92 Å². The quantitative estimate of drug-likeness (QED) is 0.157. The van der Waals surface area contributed by atoms with Gasteiger partial charge in [0, 0.05) is 29.6 Å². The van der Waals surface area contributed by atoms with Gasteiger partial charge in [-0.15, -0.1) is 0 Å². The molecule has 0 radical (unpaired) electrons. The maximum absolute atomic E-state index is 14.1. The van der Waals surface area contributed by atoms with E-state index in [1.807, 2.05) is 61.5 Å². The largest absolute Gasteiger partial charge is 0.497 e. The summed E-state index contributed by atoms with van der Waals surface area (Å²) in [6.07, 6.45) is 1.46. The second kappa shape index (κ2) is 12.3. The van der Waals surface area contributed by atoms with Crippen LogP contribution in [-0.2, 0) is 16.6 Å². The number of sulfonamides is 1. The van der Waals surface area contributed by atoms with Crippen molar-refractivity contribution in [1.82, 2.24) is 13.3 Å². The van der Waals surface area contributed by atoms with Gasteiger partial charge in [-0.2, -0.15) is 8.75 Å². The van der Waals surface area contributed by atoms with Crippen LogP contribution in [0.4, 0.5) is 5.69 Å². The van der Waals surface area contributed by atoms with Crippen LogP contribution in [0.3, 0.4) is 0 Å². The van der Waals surface area contributed by atoms with E-state index < -0.39 is 16.0 Å². The summed E-state index contributed by atoms with van der Waals surface area (Å²) >= 11 is 1.09. The molecule has 0 amide bonds. The fraction of sp³-hybridized carbons (Fsp3) is 0.206. The average Bonchev–Trinajstić information content (AvgIpc) is 3.63. The minimum absolute atomic E-state index is 0.0994. The molecule has 6 rings (SSSR count). The van der Waals surface area contributed by atoms with Crippen molar-refractivity contribution in [2.75, 3.05) is 18.0 Å². The van der Waals surface area contributed by atoms with E-state index in [2.05, 4.69) is 8.75 Å². The minimum Gasteiger partial charge on any atom is -0.497 e. The molecule has 1 N–H and O–H groups in total. The van der Waals surface area contributed by atoms with Crippen LogP contribution < -0.4 is 9.04 Å². The van der Waals surface area contributed by atoms with Crippen LogP contribution in [0.25, 0.3) is 33.1 Å². The fourth-order valence-corrected chi connectivity index (χ4v) is 7.92. The maximum Gasteiger partial charge on any atom is 0.353 e. The van der Waals surface area contributed by atoms with Crippen LogP contribution in [0.15, 0.2) is 89.8 Å². The molecule has 0 atom stereocenters.